The summed E-state index contributed by atoms with van der Waals surface area (Å²) in [4.78, 5) is 22.1. The molecule has 0 radical (unpaired) electrons. The van der Waals surface area contributed by atoms with E-state index in [1.165, 1.54) is 24.1 Å². The molecule has 1 saturated carbocycles. The zero-order valence-electron chi connectivity index (χ0n) is 16.1. The zero-order chi connectivity index (χ0) is 18.4. The number of fused-ring (bicyclic) bond motifs is 2. The van der Waals surface area contributed by atoms with Gasteiger partial charge >= 0.3 is 0 Å². The molecule has 3 heterocycles. The third-order valence-electron chi connectivity index (χ3n) is 6.79. The van der Waals surface area contributed by atoms with Crippen molar-refractivity contribution in [3.63, 3.8) is 0 Å². The molecule has 3 aliphatic rings. The number of rotatable bonds is 4. The number of piperidine rings is 1. The number of aromatic nitrogens is 2. The fourth-order valence-corrected chi connectivity index (χ4v) is 4.86. The number of nitrogens with zero attached hydrogens (tertiary/aromatic N) is 4. The van der Waals surface area contributed by atoms with Crippen molar-refractivity contribution in [1.82, 2.24) is 14.5 Å². The molecule has 1 aromatic carbocycles. The second-order valence-electron chi connectivity index (χ2n) is 8.65. The van der Waals surface area contributed by atoms with Crippen LogP contribution in [0.5, 0.6) is 0 Å². The Bertz CT molecular complexity index is 846. The maximum absolute atomic E-state index is 13.1. The highest BCUT2D eigenvalue weighted by molar-refractivity contribution is 5.98. The second kappa shape index (κ2) is 6.48. The fourth-order valence-electron chi connectivity index (χ4n) is 4.86. The predicted molar refractivity (Wildman–Crippen MR) is 106 cm³/mol. The van der Waals surface area contributed by atoms with E-state index in [1.807, 2.05) is 12.4 Å². The Kier molecular flexibility index (Phi) is 4.08. The maximum Gasteiger partial charge on any atom is 0.227 e. The van der Waals surface area contributed by atoms with Gasteiger partial charge in [-0.05, 0) is 56.3 Å². The highest BCUT2D eigenvalue weighted by Gasteiger charge is 2.45. The SMILES string of the molecule is Cn1ccnc1CN1CCC2(CC1)CC(=O)N(CC1CC1)c1ccccc12. The smallest absolute Gasteiger partial charge is 0.227 e. The Morgan fingerprint density at radius 3 is 2.67 bits per heavy atom. The second-order valence-corrected chi connectivity index (χ2v) is 8.65. The topological polar surface area (TPSA) is 41.4 Å². The summed E-state index contributed by atoms with van der Waals surface area (Å²) in [7, 11) is 2.05. The average Bonchev–Trinajstić information content (AvgIpc) is 3.42. The van der Waals surface area contributed by atoms with E-state index >= 15 is 0 Å². The Hall–Kier alpha value is -2.14. The normalized spacial score (nSPS) is 22.3. The van der Waals surface area contributed by atoms with E-state index in [0.29, 0.717) is 12.3 Å². The first-order chi connectivity index (χ1) is 13.1. The number of hydrogen-bond acceptors (Lipinski definition) is 3. The van der Waals surface area contributed by atoms with Gasteiger partial charge in [0.05, 0.1) is 6.54 Å². The average molecular weight is 364 g/mol. The van der Waals surface area contributed by atoms with Gasteiger partial charge in [-0.25, -0.2) is 4.98 Å². The monoisotopic (exact) mass is 364 g/mol. The number of hydrogen-bond donors (Lipinski definition) is 0. The number of aryl methyl sites for hydroxylation is 1. The van der Waals surface area contributed by atoms with E-state index in [-0.39, 0.29) is 5.41 Å². The molecule has 1 spiro atoms. The van der Waals surface area contributed by atoms with Gasteiger partial charge in [0.15, 0.2) is 0 Å². The fraction of sp³-hybridized carbons (Fsp3) is 0.545. The Labute approximate surface area is 161 Å². The van der Waals surface area contributed by atoms with E-state index in [4.69, 9.17) is 0 Å². The van der Waals surface area contributed by atoms with Gasteiger partial charge in [0, 0.05) is 43.5 Å². The van der Waals surface area contributed by atoms with Crippen LogP contribution in [0.15, 0.2) is 36.7 Å². The van der Waals surface area contributed by atoms with Crippen molar-refractivity contribution in [2.75, 3.05) is 24.5 Å². The number of imidazole rings is 1. The summed E-state index contributed by atoms with van der Waals surface area (Å²) in [6.07, 6.45) is 9.21. The van der Waals surface area contributed by atoms with Crippen LogP contribution in [0.1, 0.15) is 43.5 Å². The first-order valence-electron chi connectivity index (χ1n) is 10.2. The van der Waals surface area contributed by atoms with Crippen LogP contribution < -0.4 is 4.90 Å². The quantitative estimate of drug-likeness (QED) is 0.837. The summed E-state index contributed by atoms with van der Waals surface area (Å²) in [5, 5.41) is 0. The summed E-state index contributed by atoms with van der Waals surface area (Å²) in [6.45, 7) is 3.86. The lowest BCUT2D eigenvalue weighted by Crippen LogP contribution is -2.50. The number of para-hydroxylation sites is 1. The van der Waals surface area contributed by atoms with Gasteiger partial charge in [0.25, 0.3) is 0 Å². The number of likely N-dealkylation sites (tertiary alicyclic amines) is 1. The lowest BCUT2D eigenvalue weighted by atomic mass is 9.67. The number of carbonyl (C=O) groups excluding carboxylic acids is 1. The molecular formula is C22H28N4O. The minimum absolute atomic E-state index is 0.0197. The Balaban J connectivity index is 1.36. The molecule has 1 aliphatic carbocycles. The highest BCUT2D eigenvalue weighted by Crippen LogP contribution is 2.48. The molecule has 1 saturated heterocycles. The van der Waals surface area contributed by atoms with Gasteiger partial charge in [-0.2, -0.15) is 0 Å². The van der Waals surface area contributed by atoms with Crippen LogP contribution in [0.4, 0.5) is 5.69 Å². The van der Waals surface area contributed by atoms with Gasteiger partial charge < -0.3 is 9.47 Å². The molecule has 1 aromatic heterocycles. The van der Waals surface area contributed by atoms with Crippen molar-refractivity contribution >= 4 is 11.6 Å². The highest BCUT2D eigenvalue weighted by atomic mass is 16.2. The van der Waals surface area contributed by atoms with Crippen LogP contribution in [-0.2, 0) is 23.8 Å². The lowest BCUT2D eigenvalue weighted by molar-refractivity contribution is -0.121. The van der Waals surface area contributed by atoms with Crippen molar-refractivity contribution in [1.29, 1.82) is 0 Å². The van der Waals surface area contributed by atoms with Crippen LogP contribution in [0.2, 0.25) is 0 Å². The minimum atomic E-state index is 0.0197. The van der Waals surface area contributed by atoms with Crippen LogP contribution in [0.3, 0.4) is 0 Å². The zero-order valence-corrected chi connectivity index (χ0v) is 16.1. The first-order valence-corrected chi connectivity index (χ1v) is 10.2. The number of amides is 1. The number of carbonyl (C=O) groups is 1. The Morgan fingerprint density at radius 1 is 1.19 bits per heavy atom. The molecule has 142 valence electrons. The molecule has 0 atom stereocenters. The van der Waals surface area contributed by atoms with E-state index in [1.54, 1.807) is 0 Å². The van der Waals surface area contributed by atoms with Crippen molar-refractivity contribution in [3.05, 3.63) is 48.0 Å². The third kappa shape index (κ3) is 3.08. The van der Waals surface area contributed by atoms with Gasteiger partial charge in [-0.15, -0.1) is 0 Å². The van der Waals surface area contributed by atoms with Crippen LogP contribution in [-0.4, -0.2) is 40.0 Å². The van der Waals surface area contributed by atoms with E-state index < -0.39 is 0 Å². The summed E-state index contributed by atoms with van der Waals surface area (Å²) < 4.78 is 2.10. The minimum Gasteiger partial charge on any atom is -0.337 e. The molecule has 5 rings (SSSR count). The molecule has 1 amide bonds. The van der Waals surface area contributed by atoms with E-state index in [2.05, 4.69) is 50.7 Å². The predicted octanol–water partition coefficient (Wildman–Crippen LogP) is 3.10. The molecule has 0 unspecified atom stereocenters. The largest absolute Gasteiger partial charge is 0.337 e. The molecule has 27 heavy (non-hydrogen) atoms. The van der Waals surface area contributed by atoms with Crippen molar-refractivity contribution in [2.45, 2.75) is 44.1 Å². The summed E-state index contributed by atoms with van der Waals surface area (Å²) >= 11 is 0. The molecular weight excluding hydrogens is 336 g/mol. The van der Waals surface area contributed by atoms with Crippen molar-refractivity contribution < 1.29 is 4.79 Å². The number of anilines is 1. The maximum atomic E-state index is 13.1. The van der Waals surface area contributed by atoms with Crippen LogP contribution in [0, 0.1) is 5.92 Å². The van der Waals surface area contributed by atoms with Crippen LogP contribution in [0.25, 0.3) is 0 Å². The van der Waals surface area contributed by atoms with Gasteiger partial charge in [-0.1, -0.05) is 18.2 Å². The summed E-state index contributed by atoms with van der Waals surface area (Å²) in [5.41, 5.74) is 2.60. The molecule has 0 N–H and O–H groups in total. The molecule has 2 fully saturated rings. The van der Waals surface area contributed by atoms with E-state index in [9.17, 15) is 4.79 Å². The molecule has 2 aliphatic heterocycles. The molecule has 2 aromatic rings. The van der Waals surface area contributed by atoms with E-state index in [0.717, 1.165) is 50.8 Å². The van der Waals surface area contributed by atoms with Crippen molar-refractivity contribution in [2.24, 2.45) is 13.0 Å². The first kappa shape index (κ1) is 17.0. The summed E-state index contributed by atoms with van der Waals surface area (Å²) in [6, 6.07) is 8.67. The summed E-state index contributed by atoms with van der Waals surface area (Å²) in [5.74, 6) is 2.16. The molecule has 0 bridgehead atoms. The van der Waals surface area contributed by atoms with Crippen molar-refractivity contribution in [3.8, 4) is 0 Å². The van der Waals surface area contributed by atoms with Crippen LogP contribution >= 0.6 is 0 Å². The Morgan fingerprint density at radius 2 is 1.96 bits per heavy atom. The molecule has 5 heteroatoms. The standard InChI is InChI=1S/C22H28N4O/c1-24-13-10-23-20(24)16-25-11-8-22(9-12-25)14-21(27)26(15-17-6-7-17)19-5-3-2-4-18(19)22/h2-5,10,13,17H,6-9,11-12,14-16H2,1H3. The third-order valence-corrected chi connectivity index (χ3v) is 6.79. The number of benzene rings is 1. The van der Waals surface area contributed by atoms with Gasteiger partial charge in [0.2, 0.25) is 5.91 Å². The van der Waals surface area contributed by atoms with Gasteiger partial charge in [-0.3, -0.25) is 9.69 Å². The van der Waals surface area contributed by atoms with Gasteiger partial charge in [0.1, 0.15) is 5.82 Å². The lowest BCUT2D eigenvalue weighted by Gasteiger charge is -2.47. The molecule has 5 nitrogen and oxygen atoms in total.